The molecule has 1 N–H and O–H groups in total. The van der Waals surface area contributed by atoms with Gasteiger partial charge in [-0.3, -0.25) is 0 Å². The summed E-state index contributed by atoms with van der Waals surface area (Å²) < 4.78 is 5.88. The first-order chi connectivity index (χ1) is 7.12. The van der Waals surface area contributed by atoms with Crippen molar-refractivity contribution in [2.45, 2.75) is 59.6 Å². The van der Waals surface area contributed by atoms with E-state index in [1.165, 1.54) is 12.8 Å². The largest absolute Gasteiger partial charge is 0.377 e. The summed E-state index contributed by atoms with van der Waals surface area (Å²) in [5, 5.41) is 3.45. The molecule has 0 saturated heterocycles. The molecule has 0 spiro atoms. The maximum absolute atomic E-state index is 5.88. The predicted molar refractivity (Wildman–Crippen MR) is 67.2 cm³/mol. The van der Waals surface area contributed by atoms with Crippen molar-refractivity contribution in [1.29, 1.82) is 0 Å². The second kappa shape index (κ2) is 8.12. The molecule has 0 aliphatic heterocycles. The molecule has 0 aliphatic carbocycles. The van der Waals surface area contributed by atoms with Gasteiger partial charge in [-0.1, -0.05) is 40.5 Å². The van der Waals surface area contributed by atoms with Gasteiger partial charge in [0, 0.05) is 12.6 Å². The summed E-state index contributed by atoms with van der Waals surface area (Å²) in [5.41, 5.74) is 0. The van der Waals surface area contributed by atoms with E-state index in [1.807, 2.05) is 0 Å². The number of nitrogens with one attached hydrogen (secondary N) is 1. The van der Waals surface area contributed by atoms with Gasteiger partial charge in [-0.2, -0.15) is 0 Å². The lowest BCUT2D eigenvalue weighted by molar-refractivity contribution is -0.0110. The number of hydrogen-bond acceptors (Lipinski definition) is 2. The molecule has 15 heavy (non-hydrogen) atoms. The molecule has 0 aromatic carbocycles. The average Bonchev–Trinajstić information content (AvgIpc) is 2.23. The highest BCUT2D eigenvalue weighted by molar-refractivity contribution is 4.83. The Balaban J connectivity index is 4.55. The van der Waals surface area contributed by atoms with Gasteiger partial charge in [0.2, 0.25) is 0 Å². The first-order valence-electron chi connectivity index (χ1n) is 6.41. The van der Waals surface area contributed by atoms with Crippen LogP contribution in [0.4, 0.5) is 0 Å². The van der Waals surface area contributed by atoms with E-state index in [0.29, 0.717) is 24.0 Å². The van der Waals surface area contributed by atoms with E-state index in [-0.39, 0.29) is 0 Å². The zero-order valence-corrected chi connectivity index (χ0v) is 11.3. The molecule has 2 unspecified atom stereocenters. The molecule has 0 radical (unpaired) electrons. The summed E-state index contributed by atoms with van der Waals surface area (Å²) >= 11 is 0. The highest BCUT2D eigenvalue weighted by Gasteiger charge is 2.28. The highest BCUT2D eigenvalue weighted by Crippen LogP contribution is 2.22. The Kier molecular flexibility index (Phi) is 8.07. The van der Waals surface area contributed by atoms with Gasteiger partial charge in [0.1, 0.15) is 0 Å². The topological polar surface area (TPSA) is 21.3 Å². The zero-order chi connectivity index (χ0) is 11.8. The van der Waals surface area contributed by atoms with Crippen LogP contribution in [0.2, 0.25) is 0 Å². The quantitative estimate of drug-likeness (QED) is 0.672. The summed E-state index contributed by atoms with van der Waals surface area (Å²) in [5.74, 6) is 1.29. The third-order valence-electron chi connectivity index (χ3n) is 3.26. The monoisotopic (exact) mass is 215 g/mol. The minimum absolute atomic E-state index is 0.338. The molecule has 2 nitrogen and oxygen atoms in total. The third kappa shape index (κ3) is 4.52. The molecular formula is C13H29NO. The van der Waals surface area contributed by atoms with Crippen molar-refractivity contribution < 1.29 is 4.74 Å². The lowest BCUT2D eigenvalue weighted by Crippen LogP contribution is -2.47. The molecule has 2 heteroatoms. The van der Waals surface area contributed by atoms with Gasteiger partial charge in [-0.05, 0) is 25.8 Å². The van der Waals surface area contributed by atoms with Crippen LogP contribution >= 0.6 is 0 Å². The minimum atomic E-state index is 0.338. The Morgan fingerprint density at radius 2 is 1.60 bits per heavy atom. The van der Waals surface area contributed by atoms with Crippen LogP contribution in [0.25, 0.3) is 0 Å². The van der Waals surface area contributed by atoms with Crippen molar-refractivity contribution >= 4 is 0 Å². The molecule has 0 heterocycles. The average molecular weight is 215 g/mol. The highest BCUT2D eigenvalue weighted by atomic mass is 16.5. The molecule has 0 aromatic rings. The van der Waals surface area contributed by atoms with E-state index in [2.05, 4.69) is 47.0 Å². The van der Waals surface area contributed by atoms with Crippen LogP contribution in [0.15, 0.2) is 0 Å². The van der Waals surface area contributed by atoms with E-state index < -0.39 is 0 Å². The van der Waals surface area contributed by atoms with Crippen LogP contribution in [-0.4, -0.2) is 25.8 Å². The second-order valence-electron chi connectivity index (χ2n) is 4.56. The van der Waals surface area contributed by atoms with Crippen LogP contribution in [-0.2, 0) is 4.74 Å². The van der Waals surface area contributed by atoms with Crippen molar-refractivity contribution in [2.24, 2.45) is 11.8 Å². The fourth-order valence-corrected chi connectivity index (χ4v) is 2.37. The number of rotatable bonds is 8. The first-order valence-corrected chi connectivity index (χ1v) is 6.41. The van der Waals surface area contributed by atoms with Gasteiger partial charge in [-0.25, -0.2) is 0 Å². The Hall–Kier alpha value is -0.0800. The Morgan fingerprint density at radius 3 is 1.87 bits per heavy atom. The molecule has 0 amide bonds. The standard InChI is InChI=1S/C13H29NO/c1-7-11(8-2)12(14-6)13(10(4)5)15-9-3/h10-14H,7-9H2,1-6H3. The molecule has 0 saturated carbocycles. The van der Waals surface area contributed by atoms with Crippen LogP contribution in [0, 0.1) is 11.8 Å². The van der Waals surface area contributed by atoms with Crippen molar-refractivity contribution in [3.8, 4) is 0 Å². The molecule has 0 rings (SSSR count). The van der Waals surface area contributed by atoms with Crippen molar-refractivity contribution in [1.82, 2.24) is 5.32 Å². The smallest absolute Gasteiger partial charge is 0.0753 e. The normalized spacial score (nSPS) is 16.0. The SMILES string of the molecule is CCOC(C(C)C)C(NC)C(CC)CC. The van der Waals surface area contributed by atoms with Gasteiger partial charge in [0.05, 0.1) is 6.10 Å². The lowest BCUT2D eigenvalue weighted by Gasteiger charge is -2.34. The van der Waals surface area contributed by atoms with Gasteiger partial charge in [0.15, 0.2) is 0 Å². The maximum atomic E-state index is 5.88. The summed E-state index contributed by atoms with van der Waals surface area (Å²) in [7, 11) is 2.05. The summed E-state index contributed by atoms with van der Waals surface area (Å²) in [6.07, 6.45) is 2.78. The fourth-order valence-electron chi connectivity index (χ4n) is 2.37. The van der Waals surface area contributed by atoms with Crippen molar-refractivity contribution in [3.05, 3.63) is 0 Å². The van der Waals surface area contributed by atoms with E-state index in [1.54, 1.807) is 0 Å². The molecule has 0 aromatic heterocycles. The van der Waals surface area contributed by atoms with Crippen LogP contribution < -0.4 is 5.32 Å². The molecule has 0 bridgehead atoms. The predicted octanol–water partition coefficient (Wildman–Crippen LogP) is 3.07. The summed E-state index contributed by atoms with van der Waals surface area (Å²) in [4.78, 5) is 0. The van der Waals surface area contributed by atoms with E-state index in [9.17, 15) is 0 Å². The minimum Gasteiger partial charge on any atom is -0.377 e. The molecule has 0 fully saturated rings. The maximum Gasteiger partial charge on any atom is 0.0753 e. The summed E-state index contributed by atoms with van der Waals surface area (Å²) in [6.45, 7) is 11.9. The Morgan fingerprint density at radius 1 is 1.07 bits per heavy atom. The molecule has 92 valence electrons. The first kappa shape index (κ1) is 14.9. The number of hydrogen-bond donors (Lipinski definition) is 1. The second-order valence-corrected chi connectivity index (χ2v) is 4.56. The molecule has 0 aliphatic rings. The van der Waals surface area contributed by atoms with Crippen LogP contribution in [0.5, 0.6) is 0 Å². The third-order valence-corrected chi connectivity index (χ3v) is 3.26. The van der Waals surface area contributed by atoms with Crippen LogP contribution in [0.3, 0.4) is 0 Å². The van der Waals surface area contributed by atoms with E-state index >= 15 is 0 Å². The molecular weight excluding hydrogens is 186 g/mol. The van der Waals surface area contributed by atoms with Gasteiger partial charge in [0.25, 0.3) is 0 Å². The van der Waals surface area contributed by atoms with Crippen molar-refractivity contribution in [3.63, 3.8) is 0 Å². The Labute approximate surface area is 95.8 Å². The van der Waals surface area contributed by atoms with Gasteiger partial charge >= 0.3 is 0 Å². The van der Waals surface area contributed by atoms with Crippen molar-refractivity contribution in [2.75, 3.05) is 13.7 Å². The Bertz CT molecular complexity index is 143. The van der Waals surface area contributed by atoms with E-state index in [4.69, 9.17) is 4.74 Å². The van der Waals surface area contributed by atoms with Gasteiger partial charge in [-0.15, -0.1) is 0 Å². The number of ether oxygens (including phenoxy) is 1. The molecule has 2 atom stereocenters. The zero-order valence-electron chi connectivity index (χ0n) is 11.3. The van der Waals surface area contributed by atoms with Gasteiger partial charge < -0.3 is 10.1 Å². The number of likely N-dealkylation sites (N-methyl/N-ethyl adjacent to an activating group) is 1. The van der Waals surface area contributed by atoms with Crippen LogP contribution in [0.1, 0.15) is 47.5 Å². The van der Waals surface area contributed by atoms with E-state index in [0.717, 1.165) is 6.61 Å². The lowest BCUT2D eigenvalue weighted by atomic mass is 9.86. The summed E-state index contributed by atoms with van der Waals surface area (Å²) in [6, 6.07) is 0.486. The fraction of sp³-hybridized carbons (Fsp3) is 1.00.